The molecule has 1 aromatic heterocycles. The largest absolute Gasteiger partial charge is 0.258 e. The van der Waals surface area contributed by atoms with Crippen LogP contribution in [0.15, 0.2) is 36.7 Å². The minimum Gasteiger partial charge on any atom is -0.258 e. The second-order valence-corrected chi connectivity index (χ2v) is 3.31. The van der Waals surface area contributed by atoms with Crippen LogP contribution in [0.3, 0.4) is 0 Å². The first-order chi connectivity index (χ1) is 7.83. The van der Waals surface area contributed by atoms with Crippen LogP contribution in [0.2, 0.25) is 0 Å². The number of terminal acetylenes is 1. The molecule has 0 aliphatic carbocycles. The summed E-state index contributed by atoms with van der Waals surface area (Å²) in [5.41, 5.74) is 2.82. The highest BCUT2D eigenvalue weighted by atomic mass is 15.3. The molecule has 2 rings (SSSR count). The Morgan fingerprint density at radius 3 is 3.00 bits per heavy atom. The number of benzene rings is 1. The van der Waals surface area contributed by atoms with Gasteiger partial charge < -0.3 is 0 Å². The van der Waals surface area contributed by atoms with Gasteiger partial charge in [0.2, 0.25) is 0 Å². The summed E-state index contributed by atoms with van der Waals surface area (Å²) in [5, 5.41) is 12.6. The molecule has 16 heavy (non-hydrogen) atoms. The van der Waals surface area contributed by atoms with E-state index in [1.54, 1.807) is 10.9 Å². The number of hydrogen-bond donors (Lipinski definition) is 0. The predicted octanol–water partition coefficient (Wildman–Crippen LogP) is 2.05. The van der Waals surface area contributed by atoms with Gasteiger partial charge in [0.25, 0.3) is 0 Å². The van der Waals surface area contributed by atoms with Crippen LogP contribution >= 0.6 is 0 Å². The first-order valence-electron chi connectivity index (χ1n) is 4.80. The molecule has 2 aromatic rings. The van der Waals surface area contributed by atoms with Crippen molar-refractivity contribution in [1.29, 1.82) is 5.26 Å². The van der Waals surface area contributed by atoms with Crippen LogP contribution in [0.5, 0.6) is 0 Å². The van der Waals surface area contributed by atoms with E-state index in [1.165, 1.54) is 0 Å². The van der Waals surface area contributed by atoms with E-state index < -0.39 is 0 Å². The number of nitriles is 1. The fraction of sp³-hybridized carbons (Fsp3) is 0.0769. The lowest BCUT2D eigenvalue weighted by atomic mass is 10.1. The summed E-state index contributed by atoms with van der Waals surface area (Å²) < 4.78 is 1.60. The first-order valence-corrected chi connectivity index (χ1v) is 4.80. The molecule has 0 saturated carbocycles. The molecule has 0 radical (unpaired) electrons. The van der Waals surface area contributed by atoms with Crippen LogP contribution in [-0.4, -0.2) is 9.78 Å². The minimum atomic E-state index is 0.259. The molecule has 0 amide bonds. The molecule has 0 bridgehead atoms. The van der Waals surface area contributed by atoms with Crippen molar-refractivity contribution in [1.82, 2.24) is 9.78 Å². The number of hydrogen-bond acceptors (Lipinski definition) is 2. The Balaban J connectivity index is 2.36. The molecule has 0 aliphatic heterocycles. The highest BCUT2D eigenvalue weighted by Crippen LogP contribution is 2.19. The second-order valence-electron chi connectivity index (χ2n) is 3.31. The van der Waals surface area contributed by atoms with E-state index >= 15 is 0 Å². The van der Waals surface area contributed by atoms with Crippen molar-refractivity contribution < 1.29 is 0 Å². The van der Waals surface area contributed by atoms with Gasteiger partial charge in [0.1, 0.15) is 6.54 Å². The van der Waals surface area contributed by atoms with Gasteiger partial charge in [-0.1, -0.05) is 18.1 Å². The maximum atomic E-state index is 8.54. The van der Waals surface area contributed by atoms with Gasteiger partial charge >= 0.3 is 0 Å². The molecular formula is C13H9N3. The van der Waals surface area contributed by atoms with Crippen molar-refractivity contribution in [3.8, 4) is 29.5 Å². The van der Waals surface area contributed by atoms with E-state index in [9.17, 15) is 0 Å². The summed E-state index contributed by atoms with van der Waals surface area (Å²) in [7, 11) is 0. The third-order valence-electron chi connectivity index (χ3n) is 2.23. The zero-order chi connectivity index (χ0) is 11.4. The number of rotatable bonds is 2. The fourth-order valence-corrected chi connectivity index (χ4v) is 1.46. The van der Waals surface area contributed by atoms with Crippen molar-refractivity contribution >= 4 is 0 Å². The summed E-state index contributed by atoms with van der Waals surface area (Å²) in [5.74, 6) is 2.59. The molecule has 1 heterocycles. The SMILES string of the molecule is C#Cc1cccc(-c2cnn(CC#N)c2)c1. The summed E-state index contributed by atoms with van der Waals surface area (Å²) in [4.78, 5) is 0. The monoisotopic (exact) mass is 207 g/mol. The van der Waals surface area contributed by atoms with E-state index in [0.717, 1.165) is 16.7 Å². The first kappa shape index (κ1) is 10.0. The smallest absolute Gasteiger partial charge is 0.128 e. The van der Waals surface area contributed by atoms with Gasteiger partial charge in [-0.15, -0.1) is 6.42 Å². The molecule has 0 aliphatic rings. The van der Waals surface area contributed by atoms with Crippen LogP contribution in [0.1, 0.15) is 5.56 Å². The van der Waals surface area contributed by atoms with Gasteiger partial charge in [-0.2, -0.15) is 10.4 Å². The molecule has 0 N–H and O–H groups in total. The Hall–Kier alpha value is -2.52. The van der Waals surface area contributed by atoms with E-state index in [0.29, 0.717) is 0 Å². The molecule has 0 saturated heterocycles. The molecule has 76 valence electrons. The number of nitrogens with zero attached hydrogens (tertiary/aromatic N) is 3. The van der Waals surface area contributed by atoms with Crippen molar-refractivity contribution in [2.75, 3.05) is 0 Å². The Labute approximate surface area is 93.9 Å². The van der Waals surface area contributed by atoms with Gasteiger partial charge in [-0.05, 0) is 17.7 Å². The lowest BCUT2D eigenvalue weighted by Gasteiger charge is -1.97. The lowest BCUT2D eigenvalue weighted by Crippen LogP contribution is -1.93. The third-order valence-corrected chi connectivity index (χ3v) is 2.23. The summed E-state index contributed by atoms with van der Waals surface area (Å²) >= 11 is 0. The van der Waals surface area contributed by atoms with Gasteiger partial charge in [-0.3, -0.25) is 4.68 Å². The molecule has 3 nitrogen and oxygen atoms in total. The average molecular weight is 207 g/mol. The summed E-state index contributed by atoms with van der Waals surface area (Å²) in [6.07, 6.45) is 8.90. The third kappa shape index (κ3) is 1.94. The summed E-state index contributed by atoms with van der Waals surface area (Å²) in [6, 6.07) is 9.72. The molecule has 0 atom stereocenters. The Bertz CT molecular complexity index is 582. The van der Waals surface area contributed by atoms with Crippen LogP contribution in [-0.2, 0) is 6.54 Å². The van der Waals surface area contributed by atoms with Gasteiger partial charge in [0.15, 0.2) is 0 Å². The Morgan fingerprint density at radius 1 is 1.38 bits per heavy atom. The Morgan fingerprint density at radius 2 is 2.25 bits per heavy atom. The standard InChI is InChI=1S/C13H9N3/c1-2-11-4-3-5-12(8-11)13-9-15-16(10-13)7-6-14/h1,3-5,8-10H,7H2. The summed E-state index contributed by atoms with van der Waals surface area (Å²) in [6.45, 7) is 0.259. The van der Waals surface area contributed by atoms with Crippen molar-refractivity contribution in [3.63, 3.8) is 0 Å². The van der Waals surface area contributed by atoms with Crippen molar-refractivity contribution in [2.45, 2.75) is 6.54 Å². The molecule has 3 heteroatoms. The molecular weight excluding hydrogens is 198 g/mol. The van der Waals surface area contributed by atoms with E-state index in [4.69, 9.17) is 11.7 Å². The van der Waals surface area contributed by atoms with Gasteiger partial charge in [0, 0.05) is 17.3 Å². The van der Waals surface area contributed by atoms with Crippen LogP contribution < -0.4 is 0 Å². The minimum absolute atomic E-state index is 0.259. The molecule has 1 aromatic carbocycles. The lowest BCUT2D eigenvalue weighted by molar-refractivity contribution is 0.710. The van der Waals surface area contributed by atoms with E-state index in [-0.39, 0.29) is 6.54 Å². The predicted molar refractivity (Wildman–Crippen MR) is 61.2 cm³/mol. The zero-order valence-corrected chi connectivity index (χ0v) is 8.59. The maximum Gasteiger partial charge on any atom is 0.128 e. The van der Waals surface area contributed by atoms with E-state index in [1.807, 2.05) is 36.5 Å². The normalized spacial score (nSPS) is 9.38. The van der Waals surface area contributed by atoms with Crippen LogP contribution in [0.25, 0.3) is 11.1 Å². The topological polar surface area (TPSA) is 41.6 Å². The zero-order valence-electron chi connectivity index (χ0n) is 8.59. The molecule has 0 spiro atoms. The Kier molecular flexibility index (Phi) is 2.71. The second kappa shape index (κ2) is 4.33. The van der Waals surface area contributed by atoms with Crippen molar-refractivity contribution in [3.05, 3.63) is 42.2 Å². The van der Waals surface area contributed by atoms with Gasteiger partial charge in [-0.25, -0.2) is 0 Å². The van der Waals surface area contributed by atoms with Crippen LogP contribution in [0, 0.1) is 23.7 Å². The average Bonchev–Trinajstić information content (AvgIpc) is 2.78. The molecule has 0 fully saturated rings. The fourth-order valence-electron chi connectivity index (χ4n) is 1.46. The number of aromatic nitrogens is 2. The van der Waals surface area contributed by atoms with Crippen molar-refractivity contribution in [2.24, 2.45) is 0 Å². The quantitative estimate of drug-likeness (QED) is 0.707. The van der Waals surface area contributed by atoms with E-state index in [2.05, 4.69) is 11.0 Å². The maximum absolute atomic E-state index is 8.54. The highest BCUT2D eigenvalue weighted by Gasteiger charge is 2.01. The van der Waals surface area contributed by atoms with Crippen LogP contribution in [0.4, 0.5) is 0 Å². The van der Waals surface area contributed by atoms with Gasteiger partial charge in [0.05, 0.1) is 12.3 Å². The highest BCUT2D eigenvalue weighted by molar-refractivity contribution is 5.63. The molecule has 0 unspecified atom stereocenters.